The molecule has 28 heavy (non-hydrogen) atoms. The summed E-state index contributed by atoms with van der Waals surface area (Å²) in [6.45, 7) is 8.23. The minimum absolute atomic E-state index is 0.137. The number of fused-ring (bicyclic) bond motifs is 1. The van der Waals surface area contributed by atoms with Crippen LogP contribution in [0, 0.1) is 12.8 Å². The predicted octanol–water partition coefficient (Wildman–Crippen LogP) is 3.08. The molecule has 2 saturated heterocycles. The predicted molar refractivity (Wildman–Crippen MR) is 114 cm³/mol. The first kappa shape index (κ1) is 19.2. The number of H-pyrrole nitrogens is 1. The summed E-state index contributed by atoms with van der Waals surface area (Å²) in [7, 11) is 0. The molecule has 0 atom stereocenters. The molecule has 3 heterocycles. The first-order chi connectivity index (χ1) is 13.7. The van der Waals surface area contributed by atoms with Gasteiger partial charge in [0.15, 0.2) is 0 Å². The average Bonchev–Trinajstić information content (AvgIpc) is 3.15. The van der Waals surface area contributed by atoms with Crippen LogP contribution in [0.4, 0.5) is 5.95 Å². The molecule has 0 unspecified atom stereocenters. The fourth-order valence-corrected chi connectivity index (χ4v) is 4.45. The maximum absolute atomic E-state index is 12.5. The number of benzene rings is 1. The molecule has 2 aliphatic rings. The Kier molecular flexibility index (Phi) is 6.15. The number of nitrogens with zero attached hydrogens (tertiary/aromatic N) is 3. The number of likely N-dealkylation sites (tertiary alicyclic amines) is 1. The lowest BCUT2D eigenvalue weighted by Gasteiger charge is -2.31. The van der Waals surface area contributed by atoms with E-state index in [1.165, 1.54) is 37.9 Å². The quantitative estimate of drug-likeness (QED) is 0.753. The Morgan fingerprint density at radius 3 is 2.75 bits per heavy atom. The third-order valence-corrected chi connectivity index (χ3v) is 6.19. The summed E-state index contributed by atoms with van der Waals surface area (Å²) in [4.78, 5) is 25.5. The molecule has 6 nitrogen and oxygen atoms in total. The van der Waals surface area contributed by atoms with Crippen molar-refractivity contribution in [1.29, 1.82) is 0 Å². The van der Waals surface area contributed by atoms with E-state index in [9.17, 15) is 4.79 Å². The van der Waals surface area contributed by atoms with Gasteiger partial charge in [0.2, 0.25) is 11.9 Å². The number of aromatic nitrogens is 2. The molecule has 2 fully saturated rings. The van der Waals surface area contributed by atoms with Gasteiger partial charge in [-0.2, -0.15) is 0 Å². The Morgan fingerprint density at radius 1 is 1.18 bits per heavy atom. The Morgan fingerprint density at radius 2 is 1.96 bits per heavy atom. The summed E-state index contributed by atoms with van der Waals surface area (Å²) in [6.07, 6.45) is 6.89. The van der Waals surface area contributed by atoms with Gasteiger partial charge in [-0.25, -0.2) is 4.98 Å². The third kappa shape index (κ3) is 4.66. The van der Waals surface area contributed by atoms with E-state index in [4.69, 9.17) is 4.98 Å². The van der Waals surface area contributed by atoms with Crippen LogP contribution in [-0.2, 0) is 4.79 Å². The van der Waals surface area contributed by atoms with E-state index in [-0.39, 0.29) is 11.8 Å². The van der Waals surface area contributed by atoms with Crippen LogP contribution in [0.5, 0.6) is 0 Å². The van der Waals surface area contributed by atoms with Crippen LogP contribution in [0.15, 0.2) is 18.2 Å². The fraction of sp³-hybridized carbons (Fsp3) is 0.636. The summed E-state index contributed by atoms with van der Waals surface area (Å²) < 4.78 is 0. The van der Waals surface area contributed by atoms with Crippen molar-refractivity contribution in [3.63, 3.8) is 0 Å². The highest BCUT2D eigenvalue weighted by Crippen LogP contribution is 2.24. The van der Waals surface area contributed by atoms with E-state index in [0.717, 1.165) is 62.4 Å². The van der Waals surface area contributed by atoms with Crippen molar-refractivity contribution in [2.45, 2.75) is 45.4 Å². The molecule has 1 amide bonds. The standard InChI is InChI=1S/C22H33N5O/c1-17-6-7-19-20(16-17)25-22(24-19)27-14-8-18(9-15-27)21(28)23-10-5-13-26-11-3-2-4-12-26/h6-7,16,18H,2-5,8-15H2,1H3,(H,23,28)(H,24,25). The van der Waals surface area contributed by atoms with Gasteiger partial charge in [0.05, 0.1) is 11.0 Å². The zero-order valence-electron chi connectivity index (χ0n) is 17.0. The summed E-state index contributed by atoms with van der Waals surface area (Å²) in [5, 5.41) is 3.17. The molecular formula is C22H33N5O. The fourth-order valence-electron chi connectivity index (χ4n) is 4.45. The molecule has 1 aromatic carbocycles. The molecule has 4 rings (SSSR count). The first-order valence-electron chi connectivity index (χ1n) is 10.9. The van der Waals surface area contributed by atoms with Crippen molar-refractivity contribution in [2.24, 2.45) is 5.92 Å². The van der Waals surface area contributed by atoms with Gasteiger partial charge in [-0.3, -0.25) is 4.79 Å². The normalized spacial score (nSPS) is 19.2. The molecule has 0 radical (unpaired) electrons. The van der Waals surface area contributed by atoms with Crippen molar-refractivity contribution in [2.75, 3.05) is 44.2 Å². The maximum Gasteiger partial charge on any atom is 0.223 e. The van der Waals surface area contributed by atoms with E-state index < -0.39 is 0 Å². The SMILES string of the molecule is Cc1ccc2nc(N3CCC(C(=O)NCCCN4CCCCC4)CC3)[nH]c2c1. The Hall–Kier alpha value is -2.08. The first-order valence-corrected chi connectivity index (χ1v) is 10.9. The second-order valence-electron chi connectivity index (χ2n) is 8.39. The van der Waals surface area contributed by atoms with E-state index in [1.807, 2.05) is 0 Å². The monoisotopic (exact) mass is 383 g/mol. The molecule has 152 valence electrons. The number of amides is 1. The topological polar surface area (TPSA) is 64.3 Å². The number of piperidine rings is 2. The van der Waals surface area contributed by atoms with Gasteiger partial charge in [0, 0.05) is 25.6 Å². The molecule has 0 aliphatic carbocycles. The average molecular weight is 384 g/mol. The highest BCUT2D eigenvalue weighted by atomic mass is 16.1. The molecule has 1 aromatic heterocycles. The molecule has 0 spiro atoms. The summed E-state index contributed by atoms with van der Waals surface area (Å²) >= 11 is 0. The second-order valence-corrected chi connectivity index (χ2v) is 8.39. The van der Waals surface area contributed by atoms with Gasteiger partial charge in [-0.05, 0) is 76.4 Å². The highest BCUT2D eigenvalue weighted by Gasteiger charge is 2.26. The van der Waals surface area contributed by atoms with Crippen molar-refractivity contribution >= 4 is 22.9 Å². The van der Waals surface area contributed by atoms with Crippen molar-refractivity contribution < 1.29 is 4.79 Å². The number of hydrogen-bond donors (Lipinski definition) is 2. The zero-order valence-corrected chi connectivity index (χ0v) is 17.0. The Bertz CT molecular complexity index is 787. The van der Waals surface area contributed by atoms with Gasteiger partial charge < -0.3 is 20.1 Å². The van der Waals surface area contributed by atoms with Crippen molar-refractivity contribution in [3.8, 4) is 0 Å². The number of hydrogen-bond acceptors (Lipinski definition) is 4. The van der Waals surface area contributed by atoms with Crippen LogP contribution < -0.4 is 10.2 Å². The summed E-state index contributed by atoms with van der Waals surface area (Å²) in [5.74, 6) is 1.30. The van der Waals surface area contributed by atoms with Crippen LogP contribution in [0.3, 0.4) is 0 Å². The lowest BCUT2D eigenvalue weighted by molar-refractivity contribution is -0.125. The zero-order chi connectivity index (χ0) is 19.3. The molecular weight excluding hydrogens is 350 g/mol. The lowest BCUT2D eigenvalue weighted by atomic mass is 9.96. The summed E-state index contributed by atoms with van der Waals surface area (Å²) in [6, 6.07) is 6.29. The minimum atomic E-state index is 0.137. The van der Waals surface area contributed by atoms with Gasteiger partial charge in [0.1, 0.15) is 0 Å². The molecule has 0 saturated carbocycles. The number of anilines is 1. The van der Waals surface area contributed by atoms with Crippen LogP contribution in [0.2, 0.25) is 0 Å². The van der Waals surface area contributed by atoms with E-state index in [2.05, 4.69) is 45.2 Å². The van der Waals surface area contributed by atoms with E-state index >= 15 is 0 Å². The van der Waals surface area contributed by atoms with Crippen molar-refractivity contribution in [1.82, 2.24) is 20.2 Å². The van der Waals surface area contributed by atoms with Crippen LogP contribution in [0.25, 0.3) is 11.0 Å². The molecule has 2 N–H and O–H groups in total. The number of imidazole rings is 1. The highest BCUT2D eigenvalue weighted by molar-refractivity contribution is 5.80. The lowest BCUT2D eigenvalue weighted by Crippen LogP contribution is -2.41. The van der Waals surface area contributed by atoms with Gasteiger partial charge in [-0.1, -0.05) is 12.5 Å². The molecule has 0 bridgehead atoms. The largest absolute Gasteiger partial charge is 0.356 e. The second kappa shape index (κ2) is 8.95. The minimum Gasteiger partial charge on any atom is -0.356 e. The van der Waals surface area contributed by atoms with Gasteiger partial charge >= 0.3 is 0 Å². The number of aryl methyl sites for hydroxylation is 1. The van der Waals surface area contributed by atoms with E-state index in [1.54, 1.807) is 0 Å². The summed E-state index contributed by atoms with van der Waals surface area (Å²) in [5.41, 5.74) is 3.33. The van der Waals surface area contributed by atoms with Gasteiger partial charge in [0.25, 0.3) is 0 Å². The van der Waals surface area contributed by atoms with Crippen LogP contribution in [0.1, 0.15) is 44.1 Å². The Labute approximate surface area is 167 Å². The van der Waals surface area contributed by atoms with E-state index in [0.29, 0.717) is 0 Å². The number of nitrogens with one attached hydrogen (secondary N) is 2. The molecule has 2 aromatic rings. The number of rotatable bonds is 6. The number of aromatic amines is 1. The number of carbonyl (C=O) groups is 1. The third-order valence-electron chi connectivity index (χ3n) is 6.19. The van der Waals surface area contributed by atoms with Gasteiger partial charge in [-0.15, -0.1) is 0 Å². The molecule has 6 heteroatoms. The molecule has 2 aliphatic heterocycles. The maximum atomic E-state index is 12.5. The van der Waals surface area contributed by atoms with Crippen LogP contribution in [-0.4, -0.2) is 60.0 Å². The van der Waals surface area contributed by atoms with Crippen molar-refractivity contribution in [3.05, 3.63) is 23.8 Å². The Balaban J connectivity index is 1.20. The van der Waals surface area contributed by atoms with Crippen LogP contribution >= 0.6 is 0 Å². The smallest absolute Gasteiger partial charge is 0.223 e. The number of carbonyl (C=O) groups excluding carboxylic acids is 1.